The lowest BCUT2D eigenvalue weighted by Crippen LogP contribution is -2.24. The minimum absolute atomic E-state index is 0.0725. The van der Waals surface area contributed by atoms with Crippen LogP contribution >= 0.6 is 11.3 Å². The van der Waals surface area contributed by atoms with Crippen molar-refractivity contribution in [2.24, 2.45) is 0 Å². The van der Waals surface area contributed by atoms with Crippen LogP contribution in [0, 0.1) is 0 Å². The van der Waals surface area contributed by atoms with Gasteiger partial charge in [-0.1, -0.05) is 11.2 Å². The van der Waals surface area contributed by atoms with Crippen molar-refractivity contribution in [1.82, 2.24) is 15.5 Å². The zero-order chi connectivity index (χ0) is 16.1. The lowest BCUT2D eigenvalue weighted by Gasteiger charge is -2.00. The largest absolute Gasteiger partial charge is 0.497 e. The highest BCUT2D eigenvalue weighted by atomic mass is 32.1. The van der Waals surface area contributed by atoms with Crippen molar-refractivity contribution >= 4 is 17.2 Å². The maximum Gasteiger partial charge on any atom is 0.246 e. The van der Waals surface area contributed by atoms with Gasteiger partial charge in [-0.15, -0.1) is 11.3 Å². The topological polar surface area (TPSA) is 77.3 Å². The Labute approximate surface area is 137 Å². The first kappa shape index (κ1) is 15.2. The first-order valence-electron chi connectivity index (χ1n) is 7.00. The van der Waals surface area contributed by atoms with E-state index >= 15 is 0 Å². The maximum atomic E-state index is 11.8. The van der Waals surface area contributed by atoms with Crippen LogP contribution in [0.1, 0.15) is 10.8 Å². The predicted octanol–water partition coefficient (Wildman–Crippen LogP) is 2.67. The first-order chi connectivity index (χ1) is 11.2. The minimum Gasteiger partial charge on any atom is -0.497 e. The van der Waals surface area contributed by atoms with E-state index < -0.39 is 0 Å². The Balaban J connectivity index is 1.57. The number of benzene rings is 1. The fourth-order valence-corrected chi connectivity index (χ4v) is 2.70. The summed E-state index contributed by atoms with van der Waals surface area (Å²) in [6.45, 7) is 0.216. The number of hydrogen-bond donors (Lipinski definition) is 1. The number of carbonyl (C=O) groups is 1. The van der Waals surface area contributed by atoms with Crippen LogP contribution in [-0.4, -0.2) is 23.2 Å². The van der Waals surface area contributed by atoms with Crippen LogP contribution in [0.2, 0.25) is 0 Å². The van der Waals surface area contributed by atoms with E-state index in [1.165, 1.54) is 0 Å². The molecule has 0 saturated heterocycles. The Kier molecular flexibility index (Phi) is 4.68. The number of rotatable bonds is 6. The summed E-state index contributed by atoms with van der Waals surface area (Å²) in [5.41, 5.74) is 0.825. The highest BCUT2D eigenvalue weighted by Gasteiger charge is 2.10. The first-order valence-corrected chi connectivity index (χ1v) is 7.88. The van der Waals surface area contributed by atoms with Crippen LogP contribution < -0.4 is 10.1 Å². The summed E-state index contributed by atoms with van der Waals surface area (Å²) in [4.78, 5) is 17.1. The van der Waals surface area contributed by atoms with Gasteiger partial charge in [0.1, 0.15) is 5.75 Å². The SMILES string of the molecule is COc1ccc(-c2noc(CNC(=O)Cc3cccs3)n2)cc1. The number of nitrogens with zero attached hydrogens (tertiary/aromatic N) is 2. The Hall–Kier alpha value is -2.67. The molecule has 0 radical (unpaired) electrons. The van der Waals surface area contributed by atoms with Gasteiger partial charge in [-0.05, 0) is 35.7 Å². The summed E-state index contributed by atoms with van der Waals surface area (Å²) in [5, 5.41) is 8.64. The maximum absolute atomic E-state index is 11.8. The highest BCUT2D eigenvalue weighted by Crippen LogP contribution is 2.19. The summed E-state index contributed by atoms with van der Waals surface area (Å²) in [7, 11) is 1.61. The van der Waals surface area contributed by atoms with E-state index in [0.29, 0.717) is 18.1 Å². The quantitative estimate of drug-likeness (QED) is 0.752. The van der Waals surface area contributed by atoms with Crippen LogP contribution in [-0.2, 0) is 17.8 Å². The molecule has 3 aromatic rings. The van der Waals surface area contributed by atoms with Gasteiger partial charge in [0.05, 0.1) is 20.1 Å². The summed E-state index contributed by atoms with van der Waals surface area (Å²) in [5.74, 6) is 1.54. The van der Waals surface area contributed by atoms with E-state index in [2.05, 4.69) is 15.5 Å². The van der Waals surface area contributed by atoms with Crippen LogP contribution in [0.3, 0.4) is 0 Å². The smallest absolute Gasteiger partial charge is 0.246 e. The third-order valence-corrected chi connectivity index (χ3v) is 4.04. The highest BCUT2D eigenvalue weighted by molar-refractivity contribution is 7.10. The Morgan fingerprint density at radius 2 is 2.13 bits per heavy atom. The molecule has 118 valence electrons. The molecule has 3 rings (SSSR count). The van der Waals surface area contributed by atoms with E-state index in [0.717, 1.165) is 16.2 Å². The van der Waals surface area contributed by atoms with Gasteiger partial charge < -0.3 is 14.6 Å². The molecule has 0 atom stereocenters. The number of thiophene rings is 1. The number of nitrogens with one attached hydrogen (secondary N) is 1. The molecule has 0 aliphatic rings. The van der Waals surface area contributed by atoms with Crippen molar-refractivity contribution in [2.75, 3.05) is 7.11 Å². The Bertz CT molecular complexity index is 766. The van der Waals surface area contributed by atoms with Crippen molar-refractivity contribution < 1.29 is 14.1 Å². The van der Waals surface area contributed by atoms with E-state index in [1.807, 2.05) is 41.8 Å². The molecule has 2 heterocycles. The van der Waals surface area contributed by atoms with E-state index in [4.69, 9.17) is 9.26 Å². The van der Waals surface area contributed by atoms with Gasteiger partial charge in [0.15, 0.2) is 0 Å². The zero-order valence-corrected chi connectivity index (χ0v) is 13.3. The van der Waals surface area contributed by atoms with Crippen LogP contribution in [0.4, 0.5) is 0 Å². The van der Waals surface area contributed by atoms with Crippen molar-refractivity contribution in [3.8, 4) is 17.1 Å². The number of carbonyl (C=O) groups excluding carboxylic acids is 1. The minimum atomic E-state index is -0.0725. The number of amides is 1. The van der Waals surface area contributed by atoms with E-state index in [9.17, 15) is 4.79 Å². The second-order valence-electron chi connectivity index (χ2n) is 4.77. The monoisotopic (exact) mass is 329 g/mol. The molecule has 1 aromatic carbocycles. The molecule has 1 amide bonds. The van der Waals surface area contributed by atoms with Gasteiger partial charge in [0.2, 0.25) is 17.6 Å². The van der Waals surface area contributed by atoms with Gasteiger partial charge in [-0.25, -0.2) is 0 Å². The molecule has 0 bridgehead atoms. The zero-order valence-electron chi connectivity index (χ0n) is 12.5. The Morgan fingerprint density at radius 1 is 1.30 bits per heavy atom. The molecule has 0 aliphatic heterocycles. The molecular formula is C16H15N3O3S. The normalized spacial score (nSPS) is 10.5. The fourth-order valence-electron chi connectivity index (χ4n) is 1.99. The summed E-state index contributed by atoms with van der Waals surface area (Å²) < 4.78 is 10.3. The molecule has 0 aliphatic carbocycles. The second-order valence-corrected chi connectivity index (χ2v) is 5.81. The standard InChI is InChI=1S/C16H15N3O3S/c1-21-12-6-4-11(5-7-12)16-18-15(22-19-16)10-17-14(20)9-13-3-2-8-23-13/h2-8H,9-10H2,1H3,(H,17,20). The fraction of sp³-hybridized carbons (Fsp3) is 0.188. The molecule has 0 spiro atoms. The number of hydrogen-bond acceptors (Lipinski definition) is 6. The molecule has 2 aromatic heterocycles. The summed E-state index contributed by atoms with van der Waals surface area (Å²) >= 11 is 1.55. The molecule has 0 saturated carbocycles. The van der Waals surface area contributed by atoms with Crippen LogP contribution in [0.5, 0.6) is 5.75 Å². The third kappa shape index (κ3) is 3.95. The average molecular weight is 329 g/mol. The molecule has 7 heteroatoms. The predicted molar refractivity (Wildman–Crippen MR) is 86.2 cm³/mol. The molecular weight excluding hydrogens is 314 g/mol. The van der Waals surface area contributed by atoms with Gasteiger partial charge in [0, 0.05) is 10.4 Å². The van der Waals surface area contributed by atoms with Crippen molar-refractivity contribution in [2.45, 2.75) is 13.0 Å². The summed E-state index contributed by atoms with van der Waals surface area (Å²) in [6.07, 6.45) is 0.358. The van der Waals surface area contributed by atoms with E-state index in [-0.39, 0.29) is 12.5 Å². The summed E-state index contributed by atoms with van der Waals surface area (Å²) in [6, 6.07) is 11.2. The second kappa shape index (κ2) is 7.06. The van der Waals surface area contributed by atoms with Gasteiger partial charge >= 0.3 is 0 Å². The molecule has 6 nitrogen and oxygen atoms in total. The van der Waals surface area contributed by atoms with Crippen LogP contribution in [0.25, 0.3) is 11.4 Å². The van der Waals surface area contributed by atoms with Gasteiger partial charge in [0.25, 0.3) is 0 Å². The van der Waals surface area contributed by atoms with Crippen molar-refractivity contribution in [3.63, 3.8) is 0 Å². The number of methoxy groups -OCH3 is 1. The average Bonchev–Trinajstić information content (AvgIpc) is 3.25. The van der Waals surface area contributed by atoms with Crippen molar-refractivity contribution in [1.29, 1.82) is 0 Å². The molecule has 23 heavy (non-hydrogen) atoms. The van der Waals surface area contributed by atoms with E-state index in [1.54, 1.807) is 18.4 Å². The third-order valence-electron chi connectivity index (χ3n) is 3.17. The van der Waals surface area contributed by atoms with Gasteiger partial charge in [-0.3, -0.25) is 4.79 Å². The lowest BCUT2D eigenvalue weighted by molar-refractivity contribution is -0.120. The number of ether oxygens (including phenoxy) is 1. The Morgan fingerprint density at radius 3 is 2.83 bits per heavy atom. The molecule has 0 unspecified atom stereocenters. The molecule has 0 fully saturated rings. The molecule has 1 N–H and O–H groups in total. The van der Waals surface area contributed by atoms with Crippen molar-refractivity contribution in [3.05, 3.63) is 52.5 Å². The lowest BCUT2D eigenvalue weighted by atomic mass is 10.2. The van der Waals surface area contributed by atoms with Gasteiger partial charge in [-0.2, -0.15) is 4.98 Å². The number of aromatic nitrogens is 2. The van der Waals surface area contributed by atoms with Crippen LogP contribution in [0.15, 0.2) is 46.3 Å².